The van der Waals surface area contributed by atoms with Crippen LogP contribution in [0.4, 0.5) is 5.13 Å². The Morgan fingerprint density at radius 1 is 1.15 bits per heavy atom. The lowest BCUT2D eigenvalue weighted by Crippen LogP contribution is -2.11. The van der Waals surface area contributed by atoms with Crippen molar-refractivity contribution in [2.24, 2.45) is 0 Å². The van der Waals surface area contributed by atoms with Crippen LogP contribution in [0.15, 0.2) is 41.8 Å². The molecule has 0 spiro atoms. The first-order valence-electron chi connectivity index (χ1n) is 5.98. The Morgan fingerprint density at radius 3 is 2.65 bits per heavy atom. The fourth-order valence-electron chi connectivity index (χ4n) is 1.65. The van der Waals surface area contributed by atoms with E-state index in [1.165, 1.54) is 11.3 Å². The maximum Gasteiger partial charge on any atom is 0.257 e. The number of benzene rings is 1. The molecule has 1 amide bonds. The smallest absolute Gasteiger partial charge is 0.257 e. The predicted molar refractivity (Wildman–Crippen MR) is 82.4 cm³/mol. The van der Waals surface area contributed by atoms with Gasteiger partial charge in [0.15, 0.2) is 5.01 Å². The summed E-state index contributed by atoms with van der Waals surface area (Å²) in [6, 6.07) is 11.4. The van der Waals surface area contributed by atoms with Gasteiger partial charge in [-0.1, -0.05) is 35.1 Å². The van der Waals surface area contributed by atoms with Gasteiger partial charge in [0.05, 0.1) is 4.88 Å². The van der Waals surface area contributed by atoms with Gasteiger partial charge in [0, 0.05) is 5.56 Å². The summed E-state index contributed by atoms with van der Waals surface area (Å²) in [6.07, 6.45) is 0. The molecule has 3 aromatic rings. The summed E-state index contributed by atoms with van der Waals surface area (Å²) < 4.78 is 0. The second kappa shape index (κ2) is 5.52. The highest BCUT2D eigenvalue weighted by Crippen LogP contribution is 2.29. The highest BCUT2D eigenvalue weighted by molar-refractivity contribution is 7.23. The third kappa shape index (κ3) is 2.76. The van der Waals surface area contributed by atoms with E-state index in [1.54, 1.807) is 23.5 Å². The van der Waals surface area contributed by atoms with E-state index in [9.17, 15) is 4.79 Å². The van der Waals surface area contributed by atoms with Crippen molar-refractivity contribution in [3.63, 3.8) is 0 Å². The Morgan fingerprint density at radius 2 is 1.95 bits per heavy atom. The van der Waals surface area contributed by atoms with Gasteiger partial charge >= 0.3 is 0 Å². The number of amides is 1. The van der Waals surface area contributed by atoms with E-state index in [-0.39, 0.29) is 5.91 Å². The Balaban J connectivity index is 1.75. The zero-order valence-corrected chi connectivity index (χ0v) is 12.3. The molecule has 3 rings (SSSR count). The minimum Gasteiger partial charge on any atom is -0.296 e. The monoisotopic (exact) mass is 301 g/mol. The number of nitrogens with one attached hydrogen (secondary N) is 1. The van der Waals surface area contributed by atoms with Gasteiger partial charge in [0.1, 0.15) is 0 Å². The van der Waals surface area contributed by atoms with Crippen LogP contribution in [-0.2, 0) is 0 Å². The normalized spacial score (nSPS) is 10.4. The Kier molecular flexibility index (Phi) is 3.58. The van der Waals surface area contributed by atoms with E-state index in [0.717, 1.165) is 15.4 Å². The molecule has 0 bridgehead atoms. The van der Waals surface area contributed by atoms with Gasteiger partial charge in [0.2, 0.25) is 5.13 Å². The van der Waals surface area contributed by atoms with Crippen molar-refractivity contribution < 1.29 is 4.79 Å². The summed E-state index contributed by atoms with van der Waals surface area (Å²) in [5.41, 5.74) is 1.74. The Labute approximate surface area is 124 Å². The molecule has 0 fully saturated rings. The molecule has 1 N–H and O–H groups in total. The minimum atomic E-state index is -0.168. The third-order valence-electron chi connectivity index (χ3n) is 2.69. The number of rotatable bonds is 3. The van der Waals surface area contributed by atoms with Crippen molar-refractivity contribution in [2.75, 3.05) is 5.32 Å². The van der Waals surface area contributed by atoms with Crippen molar-refractivity contribution in [1.82, 2.24) is 10.2 Å². The van der Waals surface area contributed by atoms with Crippen LogP contribution in [0.1, 0.15) is 15.9 Å². The number of nitrogens with zero attached hydrogens (tertiary/aromatic N) is 2. The number of hydrogen-bond acceptors (Lipinski definition) is 5. The molecule has 0 atom stereocenters. The lowest BCUT2D eigenvalue weighted by atomic mass is 10.1. The SMILES string of the molecule is Cc1ccc(C(=O)Nc2nnc(-c3cccs3)s2)cc1. The maximum atomic E-state index is 12.1. The molecule has 4 nitrogen and oxygen atoms in total. The maximum absolute atomic E-state index is 12.1. The molecule has 2 heterocycles. The van der Waals surface area contributed by atoms with Gasteiger partial charge in [-0.3, -0.25) is 10.1 Å². The van der Waals surface area contributed by atoms with Gasteiger partial charge in [0.25, 0.3) is 5.91 Å². The molecule has 0 unspecified atom stereocenters. The quantitative estimate of drug-likeness (QED) is 0.800. The fourth-order valence-corrected chi connectivity index (χ4v) is 3.18. The van der Waals surface area contributed by atoms with Gasteiger partial charge in [-0.15, -0.1) is 21.5 Å². The van der Waals surface area contributed by atoms with Crippen LogP contribution < -0.4 is 5.32 Å². The van der Waals surface area contributed by atoms with Crippen molar-refractivity contribution in [3.8, 4) is 9.88 Å². The van der Waals surface area contributed by atoms with E-state index in [0.29, 0.717) is 10.7 Å². The van der Waals surface area contributed by atoms with Crippen molar-refractivity contribution in [1.29, 1.82) is 0 Å². The number of hydrogen-bond donors (Lipinski definition) is 1. The summed E-state index contributed by atoms with van der Waals surface area (Å²) >= 11 is 2.97. The molecular weight excluding hydrogens is 290 g/mol. The highest BCUT2D eigenvalue weighted by atomic mass is 32.1. The zero-order chi connectivity index (χ0) is 13.9. The first-order valence-corrected chi connectivity index (χ1v) is 7.67. The van der Waals surface area contributed by atoms with Crippen molar-refractivity contribution in [2.45, 2.75) is 6.92 Å². The second-order valence-corrected chi connectivity index (χ2v) is 6.14. The van der Waals surface area contributed by atoms with Crippen LogP contribution in [0, 0.1) is 6.92 Å². The molecule has 0 aliphatic carbocycles. The van der Waals surface area contributed by atoms with E-state index in [2.05, 4.69) is 15.5 Å². The number of aromatic nitrogens is 2. The molecule has 2 aromatic heterocycles. The molecule has 20 heavy (non-hydrogen) atoms. The fraction of sp³-hybridized carbons (Fsp3) is 0.0714. The molecule has 0 saturated heterocycles. The molecule has 6 heteroatoms. The molecule has 100 valence electrons. The molecule has 0 aliphatic heterocycles. The second-order valence-electron chi connectivity index (χ2n) is 4.21. The molecular formula is C14H11N3OS2. The Hall–Kier alpha value is -2.05. The van der Waals surface area contributed by atoms with Gasteiger partial charge in [-0.2, -0.15) is 0 Å². The summed E-state index contributed by atoms with van der Waals surface area (Å²) in [7, 11) is 0. The lowest BCUT2D eigenvalue weighted by molar-refractivity contribution is 0.102. The first-order chi connectivity index (χ1) is 9.72. The Bertz CT molecular complexity index is 717. The summed E-state index contributed by atoms with van der Waals surface area (Å²) in [5, 5.41) is 14.2. The van der Waals surface area contributed by atoms with Gasteiger partial charge < -0.3 is 0 Å². The van der Waals surface area contributed by atoms with Crippen LogP contribution in [0.3, 0.4) is 0 Å². The number of aryl methyl sites for hydroxylation is 1. The van der Waals surface area contributed by atoms with E-state index < -0.39 is 0 Å². The number of thiophene rings is 1. The summed E-state index contributed by atoms with van der Waals surface area (Å²) in [5.74, 6) is -0.168. The predicted octanol–water partition coefficient (Wildman–Crippen LogP) is 3.83. The van der Waals surface area contributed by atoms with E-state index >= 15 is 0 Å². The number of carbonyl (C=O) groups is 1. The number of anilines is 1. The minimum absolute atomic E-state index is 0.168. The van der Waals surface area contributed by atoms with E-state index in [1.807, 2.05) is 36.6 Å². The van der Waals surface area contributed by atoms with Gasteiger partial charge in [-0.25, -0.2) is 0 Å². The average Bonchev–Trinajstić information content (AvgIpc) is 3.09. The topological polar surface area (TPSA) is 54.9 Å². The van der Waals surface area contributed by atoms with Crippen LogP contribution in [0.2, 0.25) is 0 Å². The summed E-state index contributed by atoms with van der Waals surface area (Å²) in [6.45, 7) is 1.99. The molecule has 0 radical (unpaired) electrons. The van der Waals surface area contributed by atoms with Crippen molar-refractivity contribution in [3.05, 3.63) is 52.9 Å². The first kappa shape index (κ1) is 13.0. The third-order valence-corrected chi connectivity index (χ3v) is 4.57. The average molecular weight is 301 g/mol. The molecule has 0 saturated carbocycles. The molecule has 1 aromatic carbocycles. The lowest BCUT2D eigenvalue weighted by Gasteiger charge is -2.01. The largest absolute Gasteiger partial charge is 0.296 e. The standard InChI is InChI=1S/C14H11N3OS2/c1-9-4-6-10(7-5-9)12(18)15-14-17-16-13(20-14)11-3-2-8-19-11/h2-8H,1H3,(H,15,17,18). The zero-order valence-electron chi connectivity index (χ0n) is 10.7. The van der Waals surface area contributed by atoms with Crippen LogP contribution in [-0.4, -0.2) is 16.1 Å². The van der Waals surface area contributed by atoms with Crippen LogP contribution in [0.25, 0.3) is 9.88 Å². The summed E-state index contributed by atoms with van der Waals surface area (Å²) in [4.78, 5) is 13.1. The van der Waals surface area contributed by atoms with Crippen molar-refractivity contribution >= 4 is 33.7 Å². The van der Waals surface area contributed by atoms with E-state index in [4.69, 9.17) is 0 Å². The van der Waals surface area contributed by atoms with Crippen LogP contribution in [0.5, 0.6) is 0 Å². The highest BCUT2D eigenvalue weighted by Gasteiger charge is 2.11. The van der Waals surface area contributed by atoms with Crippen LogP contribution >= 0.6 is 22.7 Å². The van der Waals surface area contributed by atoms with Gasteiger partial charge in [-0.05, 0) is 30.5 Å². The number of carbonyl (C=O) groups excluding carboxylic acids is 1. The molecule has 0 aliphatic rings.